The Morgan fingerprint density at radius 2 is 1.86 bits per heavy atom. The number of ether oxygens (including phenoxy) is 2. The van der Waals surface area contributed by atoms with Crippen LogP contribution in [0.5, 0.6) is 11.6 Å². The minimum atomic E-state index is -4.59. The van der Waals surface area contributed by atoms with Crippen molar-refractivity contribution in [3.8, 4) is 11.6 Å². The molecule has 0 atom stereocenters. The van der Waals surface area contributed by atoms with Gasteiger partial charge >= 0.3 is 6.18 Å². The van der Waals surface area contributed by atoms with Crippen LogP contribution in [0.2, 0.25) is 0 Å². The number of benzene rings is 1. The van der Waals surface area contributed by atoms with Crippen LogP contribution in [0.4, 0.5) is 24.8 Å². The second-order valence-corrected chi connectivity index (χ2v) is 7.00. The highest BCUT2D eigenvalue weighted by Gasteiger charge is 2.36. The topological polar surface area (TPSA) is 47.5 Å². The Bertz CT molecular complexity index is 780. The summed E-state index contributed by atoms with van der Waals surface area (Å²) < 4.78 is 50.9. The summed E-state index contributed by atoms with van der Waals surface area (Å²) in [6.07, 6.45) is -3.81. The van der Waals surface area contributed by atoms with Crippen LogP contribution in [0.3, 0.4) is 0 Å². The van der Waals surface area contributed by atoms with E-state index in [-0.39, 0.29) is 24.6 Å². The summed E-state index contributed by atoms with van der Waals surface area (Å²) in [5.41, 5.74) is -0.264. The molecule has 0 amide bonds. The maximum absolute atomic E-state index is 13.3. The minimum absolute atomic E-state index is 0.00341. The first-order valence-corrected chi connectivity index (χ1v) is 9.23. The average Bonchev–Trinajstić information content (AvgIpc) is 2.59. The van der Waals surface area contributed by atoms with Crippen molar-refractivity contribution in [2.24, 2.45) is 5.92 Å². The Kier molecular flexibility index (Phi) is 7.10. The van der Waals surface area contributed by atoms with Gasteiger partial charge < -0.3 is 14.4 Å². The minimum Gasteiger partial charge on any atom is -0.491 e. The fourth-order valence-corrected chi connectivity index (χ4v) is 2.47. The Labute approximate surface area is 163 Å². The van der Waals surface area contributed by atoms with Gasteiger partial charge in [-0.3, -0.25) is 0 Å². The van der Waals surface area contributed by atoms with E-state index in [4.69, 9.17) is 9.47 Å². The van der Waals surface area contributed by atoms with Gasteiger partial charge in [0.05, 0.1) is 12.7 Å². The number of nitrogens with zero attached hydrogens (tertiary/aromatic N) is 3. The van der Waals surface area contributed by atoms with Gasteiger partial charge in [0.25, 0.3) is 0 Å². The van der Waals surface area contributed by atoms with Crippen molar-refractivity contribution in [3.05, 3.63) is 36.0 Å². The molecule has 1 heterocycles. The zero-order chi connectivity index (χ0) is 20.9. The first-order chi connectivity index (χ1) is 13.1. The summed E-state index contributed by atoms with van der Waals surface area (Å²) in [6, 6.07) is 7.27. The van der Waals surface area contributed by atoms with Crippen molar-refractivity contribution in [1.82, 2.24) is 9.97 Å². The van der Waals surface area contributed by atoms with Crippen LogP contribution < -0.4 is 14.4 Å². The largest absolute Gasteiger partial charge is 0.491 e. The highest BCUT2D eigenvalue weighted by molar-refractivity contribution is 5.59. The lowest BCUT2D eigenvalue weighted by atomic mass is 10.2. The lowest BCUT2D eigenvalue weighted by molar-refractivity contribution is -0.139. The maximum atomic E-state index is 13.3. The molecule has 0 saturated heterocycles. The highest BCUT2D eigenvalue weighted by Crippen LogP contribution is 2.36. The normalized spacial score (nSPS) is 11.8. The summed E-state index contributed by atoms with van der Waals surface area (Å²) in [6.45, 7) is 10.0. The smallest absolute Gasteiger partial charge is 0.423 e. The first-order valence-electron chi connectivity index (χ1n) is 9.23. The van der Waals surface area contributed by atoms with Gasteiger partial charge in [-0.25, -0.2) is 4.98 Å². The predicted molar refractivity (Wildman–Crippen MR) is 102 cm³/mol. The summed E-state index contributed by atoms with van der Waals surface area (Å²) >= 11 is 0. The van der Waals surface area contributed by atoms with Crippen molar-refractivity contribution in [1.29, 1.82) is 0 Å². The molecule has 5 nitrogen and oxygen atoms in total. The number of halogens is 3. The van der Waals surface area contributed by atoms with Gasteiger partial charge in [0.1, 0.15) is 11.3 Å². The Morgan fingerprint density at radius 3 is 2.43 bits per heavy atom. The van der Waals surface area contributed by atoms with Gasteiger partial charge in [-0.15, -0.1) is 0 Å². The van der Waals surface area contributed by atoms with Crippen molar-refractivity contribution in [3.63, 3.8) is 0 Å². The van der Waals surface area contributed by atoms with Gasteiger partial charge in [-0.1, -0.05) is 19.9 Å². The Hall–Kier alpha value is -2.51. The van der Waals surface area contributed by atoms with Crippen LogP contribution in [-0.4, -0.2) is 29.2 Å². The molecule has 0 spiro atoms. The number of rotatable bonds is 8. The molecule has 0 radical (unpaired) electrons. The van der Waals surface area contributed by atoms with Crippen LogP contribution in [0.15, 0.2) is 30.5 Å². The zero-order valence-electron chi connectivity index (χ0n) is 16.7. The molecule has 0 aliphatic heterocycles. The van der Waals surface area contributed by atoms with Crippen LogP contribution in [0, 0.1) is 5.92 Å². The molecule has 8 heteroatoms. The lowest BCUT2D eigenvalue weighted by Crippen LogP contribution is -2.21. The second-order valence-electron chi connectivity index (χ2n) is 7.00. The van der Waals surface area contributed by atoms with Crippen LogP contribution in [-0.2, 0) is 6.18 Å². The molecule has 0 N–H and O–H groups in total. The van der Waals surface area contributed by atoms with E-state index >= 15 is 0 Å². The predicted octanol–water partition coefficient (Wildman–Crippen LogP) is 5.48. The molecule has 1 aromatic carbocycles. The maximum Gasteiger partial charge on any atom is 0.423 e. The van der Waals surface area contributed by atoms with Crippen LogP contribution in [0.1, 0.15) is 40.2 Å². The molecule has 0 aliphatic carbocycles. The van der Waals surface area contributed by atoms with E-state index in [1.807, 2.05) is 52.8 Å². The summed E-state index contributed by atoms with van der Waals surface area (Å²) in [4.78, 5) is 9.73. The molecule has 2 aromatic rings. The summed E-state index contributed by atoms with van der Waals surface area (Å²) in [5.74, 6) is 0.399. The fourth-order valence-electron chi connectivity index (χ4n) is 2.47. The van der Waals surface area contributed by atoms with Crippen molar-refractivity contribution in [2.75, 3.05) is 18.1 Å². The molecule has 154 valence electrons. The lowest BCUT2D eigenvalue weighted by Gasteiger charge is -2.23. The molecular weight excluding hydrogens is 371 g/mol. The van der Waals surface area contributed by atoms with E-state index in [1.54, 1.807) is 11.0 Å². The SMILES string of the molecule is CCN(c1cccc(OC(C)C)c1)c1ncc(C(F)(F)F)c(OCC(C)C)n1. The highest BCUT2D eigenvalue weighted by atomic mass is 19.4. The van der Waals surface area contributed by atoms with Gasteiger partial charge in [0, 0.05) is 24.5 Å². The molecular formula is C20H26F3N3O2. The van der Waals surface area contributed by atoms with E-state index in [0.717, 1.165) is 11.9 Å². The van der Waals surface area contributed by atoms with Crippen molar-refractivity contribution < 1.29 is 22.6 Å². The third kappa shape index (κ3) is 5.74. The third-order valence-electron chi connectivity index (χ3n) is 3.66. The number of aromatic nitrogens is 2. The van der Waals surface area contributed by atoms with E-state index in [9.17, 15) is 13.2 Å². The molecule has 0 bridgehead atoms. The van der Waals surface area contributed by atoms with Crippen molar-refractivity contribution in [2.45, 2.75) is 46.9 Å². The molecule has 0 unspecified atom stereocenters. The molecule has 28 heavy (non-hydrogen) atoms. The quantitative estimate of drug-likeness (QED) is 0.591. The van der Waals surface area contributed by atoms with Crippen LogP contribution >= 0.6 is 0 Å². The number of alkyl halides is 3. The Balaban J connectivity index is 2.42. The number of anilines is 2. The molecule has 2 rings (SSSR count). The van der Waals surface area contributed by atoms with E-state index in [0.29, 0.717) is 12.3 Å². The first kappa shape index (κ1) is 21.8. The van der Waals surface area contributed by atoms with Gasteiger partial charge in [0.2, 0.25) is 11.8 Å². The molecule has 0 fully saturated rings. The van der Waals surface area contributed by atoms with Crippen LogP contribution in [0.25, 0.3) is 0 Å². The average molecular weight is 397 g/mol. The summed E-state index contributed by atoms with van der Waals surface area (Å²) in [5, 5.41) is 0. The van der Waals surface area contributed by atoms with Gasteiger partial charge in [-0.05, 0) is 38.8 Å². The van der Waals surface area contributed by atoms with E-state index in [1.165, 1.54) is 0 Å². The van der Waals surface area contributed by atoms with Crippen molar-refractivity contribution >= 4 is 11.6 Å². The zero-order valence-corrected chi connectivity index (χ0v) is 16.7. The standard InChI is InChI=1S/C20H26F3N3O2/c1-6-26(15-8-7-9-16(10-15)28-14(4)5)19-24-11-17(20(21,22)23)18(25-19)27-12-13(2)3/h7-11,13-14H,6,12H2,1-5H3. The summed E-state index contributed by atoms with van der Waals surface area (Å²) in [7, 11) is 0. The van der Waals surface area contributed by atoms with E-state index < -0.39 is 17.6 Å². The Morgan fingerprint density at radius 1 is 1.14 bits per heavy atom. The monoisotopic (exact) mass is 397 g/mol. The molecule has 0 saturated carbocycles. The van der Waals surface area contributed by atoms with Gasteiger partial charge in [-0.2, -0.15) is 18.2 Å². The molecule has 1 aromatic heterocycles. The van der Waals surface area contributed by atoms with E-state index in [2.05, 4.69) is 9.97 Å². The third-order valence-corrected chi connectivity index (χ3v) is 3.66. The second kappa shape index (κ2) is 9.12. The molecule has 0 aliphatic rings. The number of hydrogen-bond donors (Lipinski definition) is 0. The number of hydrogen-bond acceptors (Lipinski definition) is 5. The fraction of sp³-hybridized carbons (Fsp3) is 0.500. The van der Waals surface area contributed by atoms with Gasteiger partial charge in [0.15, 0.2) is 0 Å².